The summed E-state index contributed by atoms with van der Waals surface area (Å²) in [5.41, 5.74) is 4.73. The molecule has 4 heteroatoms. The van der Waals surface area contributed by atoms with Gasteiger partial charge in [0.15, 0.2) is 0 Å². The first kappa shape index (κ1) is 18.6. The molecular weight excluding hydrogens is 412 g/mol. The number of allylic oxidation sites excluding steroid dienone is 5. The average Bonchev–Trinajstić information content (AvgIpc) is 3.11. The van der Waals surface area contributed by atoms with Gasteiger partial charge in [0.05, 0.1) is 0 Å². The van der Waals surface area contributed by atoms with Crippen LogP contribution >= 0.6 is 7.92 Å². The normalized spacial score (nSPS) is 22.0. The summed E-state index contributed by atoms with van der Waals surface area (Å²) in [6.45, 7) is 0. The molecule has 2 aromatic rings. The van der Waals surface area contributed by atoms with E-state index in [1.165, 1.54) is 18.1 Å². The van der Waals surface area contributed by atoms with Gasteiger partial charge >= 0.3 is 151 Å². The molecule has 2 unspecified atom stereocenters. The van der Waals surface area contributed by atoms with Crippen LogP contribution in [0.25, 0.3) is 6.08 Å². The summed E-state index contributed by atoms with van der Waals surface area (Å²) < 4.78 is 2.62. The molecule has 0 amide bonds. The second-order valence-corrected chi connectivity index (χ2v) is 12.2. The minimum Gasteiger partial charge on any atom is -1.00 e. The number of benzene rings is 2. The standard InChI is InChI=1S/C12H10P.C9H7.2FH.Zr/c1-2-6-11(7-3-1)13-9-10-5-4-8-12(10)13;1-2-5-9-7-3-6-8(9)4-1;;;/h1-3,5-7H,4,9H2;1-7H;2*1H;/q;;;;+2/p-2. The second kappa shape index (κ2) is 7.60. The fourth-order valence-corrected chi connectivity index (χ4v) is 11.3. The molecule has 0 N–H and O–H groups in total. The van der Waals surface area contributed by atoms with E-state index in [1.54, 1.807) is 21.8 Å². The third-order valence-electron chi connectivity index (χ3n) is 4.94. The molecule has 1 aliphatic heterocycles. The van der Waals surface area contributed by atoms with E-state index in [9.17, 15) is 0 Å². The van der Waals surface area contributed by atoms with Crippen molar-refractivity contribution in [3.05, 3.63) is 92.0 Å². The predicted molar refractivity (Wildman–Crippen MR) is 95.8 cm³/mol. The Bertz CT molecular complexity index is 870. The van der Waals surface area contributed by atoms with Gasteiger partial charge in [-0.25, -0.2) is 0 Å². The molecule has 0 radical (unpaired) electrons. The zero-order valence-corrected chi connectivity index (χ0v) is 17.0. The van der Waals surface area contributed by atoms with Crippen molar-refractivity contribution in [3.63, 3.8) is 0 Å². The summed E-state index contributed by atoms with van der Waals surface area (Å²) in [4.78, 5) is 0. The van der Waals surface area contributed by atoms with E-state index in [2.05, 4.69) is 72.8 Å². The maximum absolute atomic E-state index is 2.53. The van der Waals surface area contributed by atoms with Crippen molar-refractivity contribution < 1.29 is 32.6 Å². The van der Waals surface area contributed by atoms with Gasteiger partial charge in [-0.05, 0) is 0 Å². The molecule has 1 saturated heterocycles. The van der Waals surface area contributed by atoms with Crippen LogP contribution in [0.4, 0.5) is 0 Å². The Kier molecular flexibility index (Phi) is 5.66. The van der Waals surface area contributed by atoms with E-state index in [1.807, 2.05) is 3.28 Å². The first-order valence-corrected chi connectivity index (χ1v) is 12.4. The molecule has 0 saturated carbocycles. The summed E-state index contributed by atoms with van der Waals surface area (Å²) >= 11 is -0.578. The van der Waals surface area contributed by atoms with E-state index in [0.29, 0.717) is 0 Å². The van der Waals surface area contributed by atoms with E-state index in [-0.39, 0.29) is 17.3 Å². The van der Waals surface area contributed by atoms with Crippen LogP contribution in [0.3, 0.4) is 0 Å². The topological polar surface area (TPSA) is 0 Å². The molecule has 5 rings (SSSR count). The molecule has 2 aliphatic carbocycles. The number of rotatable bonds is 3. The Balaban J connectivity index is 0.000000911. The molecule has 124 valence electrons. The molecule has 3 aliphatic rings. The molecule has 0 bridgehead atoms. The Labute approximate surface area is 159 Å². The fraction of sp³-hybridized carbons (Fsp3) is 0.143. The largest absolute Gasteiger partial charge is 1.00 e. The minimum atomic E-state index is -0.578. The maximum atomic E-state index is 2.53. The van der Waals surface area contributed by atoms with Crippen LogP contribution in [0, 0.1) is 0 Å². The number of fused-ring (bicyclic) bond motifs is 2. The van der Waals surface area contributed by atoms with Crippen molar-refractivity contribution in [2.75, 3.05) is 6.16 Å². The van der Waals surface area contributed by atoms with E-state index in [0.717, 1.165) is 3.63 Å². The Morgan fingerprint density at radius 3 is 2.52 bits per heavy atom. The van der Waals surface area contributed by atoms with Crippen LogP contribution in [0.1, 0.15) is 21.2 Å². The van der Waals surface area contributed by atoms with Crippen LogP contribution in [0.15, 0.2) is 80.9 Å². The van der Waals surface area contributed by atoms with Crippen LogP contribution < -0.4 is 14.7 Å². The molecule has 2 aromatic carbocycles. The Morgan fingerprint density at radius 2 is 1.68 bits per heavy atom. The Hall–Kier alpha value is -1.17. The molecule has 0 spiro atoms. The zero-order valence-electron chi connectivity index (χ0n) is 13.6. The summed E-state index contributed by atoms with van der Waals surface area (Å²) in [5, 5.41) is 3.38. The van der Waals surface area contributed by atoms with Gasteiger partial charge < -0.3 is 9.41 Å². The van der Waals surface area contributed by atoms with Crippen LogP contribution in [-0.2, 0) is 23.2 Å². The van der Waals surface area contributed by atoms with Crippen molar-refractivity contribution in [1.82, 2.24) is 0 Å². The van der Waals surface area contributed by atoms with Gasteiger partial charge in [-0.1, -0.05) is 0 Å². The van der Waals surface area contributed by atoms with Crippen molar-refractivity contribution >= 4 is 19.3 Å². The minimum absolute atomic E-state index is 0. The SMILES string of the molecule is C1=C[CH]([Zr+2][C]2=C3C(=CC2)CP3c2ccccc2)c2ccccc21.[F-].[F-]. The molecule has 25 heavy (non-hydrogen) atoms. The first-order valence-electron chi connectivity index (χ1n) is 8.19. The molecule has 0 aromatic heterocycles. The van der Waals surface area contributed by atoms with Gasteiger partial charge in [0.2, 0.25) is 0 Å². The predicted octanol–water partition coefficient (Wildman–Crippen LogP) is -0.792. The first-order chi connectivity index (χ1) is 11.4. The third-order valence-corrected chi connectivity index (χ3v) is 12.1. The van der Waals surface area contributed by atoms with Crippen LogP contribution in [0.2, 0.25) is 0 Å². The van der Waals surface area contributed by atoms with Crippen molar-refractivity contribution in [2.24, 2.45) is 0 Å². The quantitative estimate of drug-likeness (QED) is 0.561. The van der Waals surface area contributed by atoms with Gasteiger partial charge in [-0.2, -0.15) is 0 Å². The third kappa shape index (κ3) is 3.18. The van der Waals surface area contributed by atoms with Crippen molar-refractivity contribution in [2.45, 2.75) is 10.0 Å². The molecular formula is C21H17F2PZr. The molecule has 2 atom stereocenters. The monoisotopic (exact) mass is 428 g/mol. The van der Waals surface area contributed by atoms with Gasteiger partial charge in [-0.3, -0.25) is 0 Å². The molecule has 1 heterocycles. The summed E-state index contributed by atoms with van der Waals surface area (Å²) in [6, 6.07) is 20.2. The summed E-state index contributed by atoms with van der Waals surface area (Å²) in [5.74, 6) is 0. The van der Waals surface area contributed by atoms with Crippen LogP contribution in [-0.4, -0.2) is 6.16 Å². The number of hydrogen-bond acceptors (Lipinski definition) is 0. The van der Waals surface area contributed by atoms with Gasteiger partial charge in [0, 0.05) is 0 Å². The zero-order chi connectivity index (χ0) is 15.2. The average molecular weight is 430 g/mol. The van der Waals surface area contributed by atoms with Crippen molar-refractivity contribution in [3.8, 4) is 0 Å². The van der Waals surface area contributed by atoms with E-state index >= 15 is 0 Å². The molecule has 0 nitrogen and oxygen atoms in total. The second-order valence-electron chi connectivity index (χ2n) is 6.29. The van der Waals surface area contributed by atoms with E-state index < -0.39 is 23.2 Å². The number of halogens is 2. The van der Waals surface area contributed by atoms with Gasteiger partial charge in [-0.15, -0.1) is 0 Å². The fourth-order valence-electron chi connectivity index (χ4n) is 3.76. The van der Waals surface area contributed by atoms with E-state index in [4.69, 9.17) is 0 Å². The van der Waals surface area contributed by atoms with Crippen LogP contribution in [0.5, 0.6) is 0 Å². The summed E-state index contributed by atoms with van der Waals surface area (Å²) in [7, 11) is -0.0303. The van der Waals surface area contributed by atoms with Gasteiger partial charge in [0.1, 0.15) is 0 Å². The van der Waals surface area contributed by atoms with Crippen molar-refractivity contribution in [1.29, 1.82) is 0 Å². The Morgan fingerprint density at radius 1 is 0.920 bits per heavy atom. The van der Waals surface area contributed by atoms with Gasteiger partial charge in [0.25, 0.3) is 0 Å². The molecule has 1 fully saturated rings. The summed E-state index contributed by atoms with van der Waals surface area (Å²) in [6.07, 6.45) is 9.93. The number of hydrogen-bond donors (Lipinski definition) is 0. The maximum Gasteiger partial charge on any atom is -1.00 e. The smallest absolute Gasteiger partial charge is 1.00 e.